The van der Waals surface area contributed by atoms with Gasteiger partial charge in [0.2, 0.25) is 0 Å². The van der Waals surface area contributed by atoms with Gasteiger partial charge in [-0.1, -0.05) is 13.8 Å². The van der Waals surface area contributed by atoms with Gasteiger partial charge in [-0.25, -0.2) is 0 Å². The largest absolute Gasteiger partial charge is 0.105 e. The Morgan fingerprint density at radius 3 is 2.60 bits per heavy atom. The van der Waals surface area contributed by atoms with Crippen molar-refractivity contribution in [3.63, 3.8) is 0 Å². The van der Waals surface area contributed by atoms with Crippen LogP contribution in [0, 0.1) is 5.92 Å². The summed E-state index contributed by atoms with van der Waals surface area (Å²) in [4.78, 5) is 0. The third-order valence-electron chi connectivity index (χ3n) is 2.12. The maximum atomic E-state index is 2.31. The summed E-state index contributed by atoms with van der Waals surface area (Å²) in [7, 11) is 1.65. The molecule has 0 aromatic heterocycles. The van der Waals surface area contributed by atoms with Crippen molar-refractivity contribution in [3.05, 3.63) is 0 Å². The van der Waals surface area contributed by atoms with Crippen LogP contribution in [-0.2, 0) is 26.2 Å². The molecule has 2 heteroatoms. The first-order valence-electron chi connectivity index (χ1n) is 3.91. The van der Waals surface area contributed by atoms with Gasteiger partial charge in [-0.05, 0) is 36.6 Å². The molecule has 1 unspecified atom stereocenters. The van der Waals surface area contributed by atoms with Gasteiger partial charge in [-0.15, -0.1) is 8.20 Å². The second kappa shape index (κ2) is 5.67. The monoisotopic (exact) mass is 232 g/mol. The summed E-state index contributed by atoms with van der Waals surface area (Å²) in [5, 5.41) is 1.80. The molecule has 1 aliphatic rings. The van der Waals surface area contributed by atoms with E-state index < -0.39 is 0 Å². The van der Waals surface area contributed by atoms with E-state index in [9.17, 15) is 0 Å². The molecule has 1 heterocycles. The van der Waals surface area contributed by atoms with Crippen LogP contribution in [0.2, 0.25) is 0 Å². The van der Waals surface area contributed by atoms with Gasteiger partial charge >= 0.3 is 0 Å². The second-order valence-electron chi connectivity index (χ2n) is 2.62. The van der Waals surface area contributed by atoms with Gasteiger partial charge in [0, 0.05) is 26.2 Å². The number of hydrogen-bond donors (Lipinski definition) is 0. The summed E-state index contributed by atoms with van der Waals surface area (Å²) in [5.74, 6) is 0.983. The Balaban J connectivity index is 0.000000810. The maximum absolute atomic E-state index is 2.31. The molecule has 1 aliphatic heterocycles. The normalized spacial score (nSPS) is 25.4. The van der Waals surface area contributed by atoms with Crippen molar-refractivity contribution in [3.8, 4) is 0 Å². The summed E-state index contributed by atoms with van der Waals surface area (Å²) in [6, 6.07) is 0. The van der Waals surface area contributed by atoms with Crippen LogP contribution in [0.1, 0.15) is 33.1 Å². The molecule has 0 bridgehead atoms. The van der Waals surface area contributed by atoms with Gasteiger partial charge in [-0.2, -0.15) is 0 Å². The zero-order valence-electron chi connectivity index (χ0n) is 6.85. The Bertz CT molecular complexity index is 120. The van der Waals surface area contributed by atoms with Crippen LogP contribution < -0.4 is 0 Å². The first-order valence-corrected chi connectivity index (χ1v) is 4.99. The van der Waals surface area contributed by atoms with Gasteiger partial charge < -0.3 is 0 Å². The maximum Gasteiger partial charge on any atom is 0 e. The van der Waals surface area contributed by atoms with Crippen molar-refractivity contribution >= 4 is 13.5 Å². The molecule has 0 aromatic rings. The summed E-state index contributed by atoms with van der Waals surface area (Å²) >= 11 is 0. The average molecular weight is 233 g/mol. The van der Waals surface area contributed by atoms with E-state index in [0.717, 1.165) is 5.92 Å². The van der Waals surface area contributed by atoms with Crippen LogP contribution in [0.25, 0.3) is 0 Å². The van der Waals surface area contributed by atoms with Crippen molar-refractivity contribution < 1.29 is 26.2 Å². The Hall–Kier alpha value is 1.05. The smallest absolute Gasteiger partial charge is 0 e. The van der Waals surface area contributed by atoms with E-state index in [1.165, 1.54) is 25.4 Å². The van der Waals surface area contributed by atoms with E-state index in [1.54, 1.807) is 13.5 Å². The minimum absolute atomic E-state index is 0. The summed E-state index contributed by atoms with van der Waals surface area (Å²) in [5.41, 5.74) is 0. The van der Waals surface area contributed by atoms with E-state index in [2.05, 4.69) is 13.8 Å². The second-order valence-corrected chi connectivity index (χ2v) is 3.96. The van der Waals surface area contributed by atoms with Crippen LogP contribution in [0.3, 0.4) is 0 Å². The SMILES string of the molecule is CCC1=PCCC1CC.[Zr]. The molecule has 0 N–H and O–H groups in total. The minimum atomic E-state index is 0. The fourth-order valence-electron chi connectivity index (χ4n) is 1.50. The first kappa shape index (κ1) is 11.1. The van der Waals surface area contributed by atoms with Gasteiger partial charge in [-0.3, -0.25) is 0 Å². The molecule has 0 saturated carbocycles. The molecule has 0 radical (unpaired) electrons. The Morgan fingerprint density at radius 2 is 2.20 bits per heavy atom. The zero-order chi connectivity index (χ0) is 6.69. The molecule has 10 heavy (non-hydrogen) atoms. The third-order valence-corrected chi connectivity index (χ3v) is 3.69. The molecule has 0 aliphatic carbocycles. The van der Waals surface area contributed by atoms with Crippen LogP contribution in [0.5, 0.6) is 0 Å². The van der Waals surface area contributed by atoms with Crippen molar-refractivity contribution in [1.29, 1.82) is 0 Å². The Kier molecular flexibility index (Phi) is 6.27. The molecule has 0 nitrogen and oxygen atoms in total. The molecule has 0 amide bonds. The molecule has 0 spiro atoms. The summed E-state index contributed by atoms with van der Waals surface area (Å²) in [6.45, 7) is 4.59. The van der Waals surface area contributed by atoms with Crippen molar-refractivity contribution in [1.82, 2.24) is 0 Å². The molecule has 56 valence electrons. The zero-order valence-corrected chi connectivity index (χ0v) is 10.2. The molecule has 0 fully saturated rings. The molecule has 0 aromatic carbocycles. The predicted octanol–water partition coefficient (Wildman–Crippen LogP) is 2.94. The van der Waals surface area contributed by atoms with E-state index in [0.29, 0.717) is 0 Å². The van der Waals surface area contributed by atoms with Crippen molar-refractivity contribution in [2.75, 3.05) is 6.16 Å². The predicted molar refractivity (Wildman–Crippen MR) is 45.5 cm³/mol. The molecular formula is C8H15PZr. The number of rotatable bonds is 2. The molecular weight excluding hydrogens is 218 g/mol. The van der Waals surface area contributed by atoms with Crippen molar-refractivity contribution in [2.45, 2.75) is 33.1 Å². The van der Waals surface area contributed by atoms with E-state index in [4.69, 9.17) is 0 Å². The molecule has 1 atom stereocenters. The van der Waals surface area contributed by atoms with E-state index in [-0.39, 0.29) is 26.2 Å². The van der Waals surface area contributed by atoms with E-state index >= 15 is 0 Å². The minimum Gasteiger partial charge on any atom is -0.105 e. The van der Waals surface area contributed by atoms with Crippen molar-refractivity contribution in [2.24, 2.45) is 5.92 Å². The fraction of sp³-hybridized carbons (Fsp3) is 0.875. The van der Waals surface area contributed by atoms with Gasteiger partial charge in [0.1, 0.15) is 0 Å². The standard InChI is InChI=1S/C8H15P.Zr/c1-3-7-5-6-9-8(7)4-2;/h7H,3-6H2,1-2H3;. The third kappa shape index (κ3) is 2.59. The first-order chi connectivity index (χ1) is 4.38. The fourth-order valence-corrected chi connectivity index (χ4v) is 3.02. The topological polar surface area (TPSA) is 0 Å². The summed E-state index contributed by atoms with van der Waals surface area (Å²) < 4.78 is 0. The number of hydrogen-bond acceptors (Lipinski definition) is 0. The van der Waals surface area contributed by atoms with Gasteiger partial charge in [0.25, 0.3) is 0 Å². The van der Waals surface area contributed by atoms with Crippen LogP contribution in [-0.4, -0.2) is 11.5 Å². The Labute approximate surface area is 84.7 Å². The van der Waals surface area contributed by atoms with Gasteiger partial charge in [0.05, 0.1) is 0 Å². The van der Waals surface area contributed by atoms with E-state index in [1.807, 2.05) is 0 Å². The quantitative estimate of drug-likeness (QED) is 0.643. The average Bonchev–Trinajstić information content (AvgIpc) is 2.33. The summed E-state index contributed by atoms with van der Waals surface area (Å²) in [6.07, 6.45) is 5.58. The van der Waals surface area contributed by atoms with Crippen LogP contribution in [0.4, 0.5) is 0 Å². The van der Waals surface area contributed by atoms with Crippen LogP contribution >= 0.6 is 8.20 Å². The van der Waals surface area contributed by atoms with Gasteiger partial charge in [0.15, 0.2) is 0 Å². The van der Waals surface area contributed by atoms with Crippen LogP contribution in [0.15, 0.2) is 0 Å². The molecule has 1 rings (SSSR count). The Morgan fingerprint density at radius 1 is 1.50 bits per heavy atom. The molecule has 0 saturated heterocycles.